The molecule has 122 valence electrons. The lowest BCUT2D eigenvalue weighted by Gasteiger charge is -2.10. The number of anilines is 1. The van der Waals surface area contributed by atoms with Gasteiger partial charge >= 0.3 is 0 Å². The summed E-state index contributed by atoms with van der Waals surface area (Å²) in [7, 11) is 0. The highest BCUT2D eigenvalue weighted by molar-refractivity contribution is 5.94. The van der Waals surface area contributed by atoms with Crippen molar-refractivity contribution in [1.29, 1.82) is 0 Å². The summed E-state index contributed by atoms with van der Waals surface area (Å²) in [6, 6.07) is 11.2. The second kappa shape index (κ2) is 7.41. The Morgan fingerprint density at radius 2 is 2.08 bits per heavy atom. The van der Waals surface area contributed by atoms with Gasteiger partial charge in [0.05, 0.1) is 5.69 Å². The van der Waals surface area contributed by atoms with Crippen LogP contribution in [0.5, 0.6) is 0 Å². The molecular weight excluding hydrogens is 302 g/mol. The van der Waals surface area contributed by atoms with Crippen molar-refractivity contribution < 1.29 is 4.79 Å². The zero-order valence-corrected chi connectivity index (χ0v) is 13.4. The first kappa shape index (κ1) is 15.7. The highest BCUT2D eigenvalue weighted by atomic mass is 16.1. The highest BCUT2D eigenvalue weighted by Crippen LogP contribution is 2.11. The molecular formula is C18H19N5O. The Bertz CT molecular complexity index is 814. The normalized spacial score (nSPS) is 10.4. The number of nitrogens with one attached hydrogen (secondary N) is 2. The number of hydrogen-bond donors (Lipinski definition) is 2. The summed E-state index contributed by atoms with van der Waals surface area (Å²) < 4.78 is 1.73. The Morgan fingerprint density at radius 1 is 1.17 bits per heavy atom. The summed E-state index contributed by atoms with van der Waals surface area (Å²) in [5.74, 6) is -0.0998. The van der Waals surface area contributed by atoms with E-state index in [4.69, 9.17) is 0 Å². The topological polar surface area (TPSA) is 71.8 Å². The van der Waals surface area contributed by atoms with Crippen molar-refractivity contribution in [1.82, 2.24) is 20.1 Å². The molecule has 0 bridgehead atoms. The van der Waals surface area contributed by atoms with Crippen molar-refractivity contribution >= 4 is 11.6 Å². The Labute approximate surface area is 140 Å². The molecule has 6 heteroatoms. The first-order valence-corrected chi connectivity index (χ1v) is 7.77. The lowest BCUT2D eigenvalue weighted by molar-refractivity contribution is 0.0955. The van der Waals surface area contributed by atoms with Crippen LogP contribution in [0.2, 0.25) is 0 Å². The van der Waals surface area contributed by atoms with E-state index in [1.807, 2.05) is 49.6 Å². The smallest absolute Gasteiger partial charge is 0.251 e. The number of aromatic nitrogens is 3. The molecule has 2 heterocycles. The molecule has 1 aromatic carbocycles. The van der Waals surface area contributed by atoms with Crippen molar-refractivity contribution in [3.63, 3.8) is 0 Å². The molecule has 0 aliphatic heterocycles. The number of rotatable bonds is 6. The van der Waals surface area contributed by atoms with Crippen molar-refractivity contribution in [2.24, 2.45) is 0 Å². The molecule has 1 amide bonds. The van der Waals surface area contributed by atoms with Crippen LogP contribution in [0, 0.1) is 6.92 Å². The second-order valence-electron chi connectivity index (χ2n) is 5.37. The Morgan fingerprint density at radius 3 is 2.88 bits per heavy atom. The fourth-order valence-corrected chi connectivity index (χ4v) is 2.36. The first-order chi connectivity index (χ1) is 11.7. The summed E-state index contributed by atoms with van der Waals surface area (Å²) in [4.78, 5) is 16.3. The zero-order chi connectivity index (χ0) is 16.8. The maximum absolute atomic E-state index is 12.3. The zero-order valence-electron chi connectivity index (χ0n) is 13.4. The van der Waals surface area contributed by atoms with Gasteiger partial charge in [0.15, 0.2) is 0 Å². The summed E-state index contributed by atoms with van der Waals surface area (Å²) >= 11 is 0. The molecule has 0 radical (unpaired) electrons. The van der Waals surface area contributed by atoms with Gasteiger partial charge < -0.3 is 10.6 Å². The van der Waals surface area contributed by atoms with Crippen molar-refractivity contribution in [2.75, 3.05) is 18.4 Å². The second-order valence-corrected chi connectivity index (χ2v) is 5.37. The third-order valence-corrected chi connectivity index (χ3v) is 3.62. The van der Waals surface area contributed by atoms with Gasteiger partial charge in [0.2, 0.25) is 0 Å². The van der Waals surface area contributed by atoms with Crippen molar-refractivity contribution in [3.8, 4) is 5.69 Å². The number of carbonyl (C=O) groups excluding carboxylic acids is 1. The number of aryl methyl sites for hydroxylation is 1. The van der Waals surface area contributed by atoms with E-state index in [0.717, 1.165) is 16.9 Å². The third kappa shape index (κ3) is 3.78. The molecule has 0 unspecified atom stereocenters. The van der Waals surface area contributed by atoms with Crippen LogP contribution in [0.15, 0.2) is 61.2 Å². The van der Waals surface area contributed by atoms with Crippen LogP contribution in [-0.2, 0) is 0 Å². The Hall–Kier alpha value is -3.15. The SMILES string of the molecule is Cc1cnccc1NCCNC(=O)c1cccc(-n2cccn2)c1. The maximum Gasteiger partial charge on any atom is 0.251 e. The monoisotopic (exact) mass is 321 g/mol. The van der Waals surface area contributed by atoms with Crippen LogP contribution >= 0.6 is 0 Å². The van der Waals surface area contributed by atoms with Gasteiger partial charge in [-0.2, -0.15) is 5.10 Å². The van der Waals surface area contributed by atoms with E-state index in [1.165, 1.54) is 0 Å². The van der Waals surface area contributed by atoms with Crippen LogP contribution in [-0.4, -0.2) is 33.8 Å². The minimum absolute atomic E-state index is 0.0998. The van der Waals surface area contributed by atoms with E-state index in [2.05, 4.69) is 20.7 Å². The fourth-order valence-electron chi connectivity index (χ4n) is 2.36. The minimum atomic E-state index is -0.0998. The summed E-state index contributed by atoms with van der Waals surface area (Å²) in [6.45, 7) is 3.18. The van der Waals surface area contributed by atoms with E-state index in [9.17, 15) is 4.79 Å². The number of amides is 1. The van der Waals surface area contributed by atoms with Crippen LogP contribution in [0.1, 0.15) is 15.9 Å². The van der Waals surface area contributed by atoms with Gasteiger partial charge in [0.25, 0.3) is 5.91 Å². The van der Waals surface area contributed by atoms with Gasteiger partial charge in [-0.1, -0.05) is 6.07 Å². The standard InChI is InChI=1S/C18H19N5O/c1-14-13-19-8-6-17(14)20-9-10-21-18(24)15-4-2-5-16(12-15)23-11-3-7-22-23/h2-8,11-13H,9-10H2,1H3,(H,19,20)(H,21,24). The fraction of sp³-hybridized carbons (Fsp3) is 0.167. The van der Waals surface area contributed by atoms with Gasteiger partial charge in [-0.15, -0.1) is 0 Å². The number of carbonyl (C=O) groups is 1. The molecule has 0 fully saturated rings. The molecule has 0 spiro atoms. The molecule has 24 heavy (non-hydrogen) atoms. The third-order valence-electron chi connectivity index (χ3n) is 3.62. The predicted octanol–water partition coefficient (Wildman–Crippen LogP) is 2.42. The van der Waals surface area contributed by atoms with E-state index in [0.29, 0.717) is 18.7 Å². The van der Waals surface area contributed by atoms with Crippen LogP contribution < -0.4 is 10.6 Å². The van der Waals surface area contributed by atoms with Gasteiger partial charge in [-0.05, 0) is 42.8 Å². The van der Waals surface area contributed by atoms with E-state index >= 15 is 0 Å². The van der Waals surface area contributed by atoms with Crippen LogP contribution in [0.25, 0.3) is 5.69 Å². The van der Waals surface area contributed by atoms with Crippen LogP contribution in [0.3, 0.4) is 0 Å². The molecule has 0 atom stereocenters. The lowest BCUT2D eigenvalue weighted by atomic mass is 10.2. The maximum atomic E-state index is 12.3. The number of benzene rings is 1. The average molecular weight is 321 g/mol. The molecule has 0 aliphatic carbocycles. The van der Waals surface area contributed by atoms with E-state index in [1.54, 1.807) is 23.1 Å². The molecule has 0 saturated heterocycles. The molecule has 6 nitrogen and oxygen atoms in total. The summed E-state index contributed by atoms with van der Waals surface area (Å²) in [6.07, 6.45) is 7.11. The molecule has 2 N–H and O–H groups in total. The number of pyridine rings is 1. The lowest BCUT2D eigenvalue weighted by Crippen LogP contribution is -2.28. The summed E-state index contributed by atoms with van der Waals surface area (Å²) in [5.41, 5.74) is 3.58. The van der Waals surface area contributed by atoms with Gasteiger partial charge in [0.1, 0.15) is 0 Å². The van der Waals surface area contributed by atoms with Crippen molar-refractivity contribution in [2.45, 2.75) is 6.92 Å². The van der Waals surface area contributed by atoms with Crippen molar-refractivity contribution in [3.05, 3.63) is 72.3 Å². The molecule has 2 aromatic heterocycles. The molecule has 3 aromatic rings. The summed E-state index contributed by atoms with van der Waals surface area (Å²) in [5, 5.41) is 10.4. The largest absolute Gasteiger partial charge is 0.383 e. The van der Waals surface area contributed by atoms with Gasteiger partial charge in [-0.3, -0.25) is 9.78 Å². The van der Waals surface area contributed by atoms with Crippen LogP contribution in [0.4, 0.5) is 5.69 Å². The molecule has 3 rings (SSSR count). The Kier molecular flexibility index (Phi) is 4.86. The molecule has 0 saturated carbocycles. The minimum Gasteiger partial charge on any atom is -0.383 e. The average Bonchev–Trinajstić information content (AvgIpc) is 3.15. The highest BCUT2D eigenvalue weighted by Gasteiger charge is 2.06. The predicted molar refractivity (Wildman–Crippen MR) is 93.4 cm³/mol. The van der Waals surface area contributed by atoms with E-state index in [-0.39, 0.29) is 5.91 Å². The number of hydrogen-bond acceptors (Lipinski definition) is 4. The molecule has 0 aliphatic rings. The first-order valence-electron chi connectivity index (χ1n) is 7.77. The van der Waals surface area contributed by atoms with E-state index < -0.39 is 0 Å². The van der Waals surface area contributed by atoms with Gasteiger partial charge in [-0.25, -0.2) is 4.68 Å². The Balaban J connectivity index is 1.54. The van der Waals surface area contributed by atoms with Gasteiger partial charge in [0, 0.05) is 49.1 Å². The quantitative estimate of drug-likeness (QED) is 0.684. The number of nitrogens with zero attached hydrogens (tertiary/aromatic N) is 3.